The molecule has 2 aromatic carbocycles. The van der Waals surface area contributed by atoms with Crippen LogP contribution in [0.1, 0.15) is 12.8 Å². The van der Waals surface area contributed by atoms with Crippen molar-refractivity contribution in [1.82, 2.24) is 0 Å². The quantitative estimate of drug-likeness (QED) is 0.833. The van der Waals surface area contributed by atoms with E-state index in [4.69, 9.17) is 4.74 Å². The highest BCUT2D eigenvalue weighted by Gasteiger charge is 2.24. The number of sulfonamides is 1. The molecule has 0 spiro atoms. The Labute approximate surface area is 149 Å². The van der Waals surface area contributed by atoms with E-state index in [-0.39, 0.29) is 11.6 Å². The average molecular weight is 382 g/mol. The second kappa shape index (κ2) is 7.38. The minimum Gasteiger partial charge on any atom is -0.368 e. The van der Waals surface area contributed by atoms with E-state index in [0.29, 0.717) is 24.8 Å². The van der Waals surface area contributed by atoms with Gasteiger partial charge in [-0.15, -0.1) is 0 Å². The van der Waals surface area contributed by atoms with E-state index in [1.54, 1.807) is 0 Å². The van der Waals surface area contributed by atoms with E-state index in [0.717, 1.165) is 18.6 Å². The van der Waals surface area contributed by atoms with Gasteiger partial charge in [0.05, 0.1) is 0 Å². The van der Waals surface area contributed by atoms with Gasteiger partial charge in [0.25, 0.3) is 15.9 Å². The molecule has 0 unspecified atom stereocenters. The summed E-state index contributed by atoms with van der Waals surface area (Å²) in [6.45, 7) is 0.551. The van der Waals surface area contributed by atoms with Gasteiger partial charge < -0.3 is 10.1 Å². The third-order valence-electron chi connectivity index (χ3n) is 3.81. The Kier molecular flexibility index (Phi) is 5.19. The lowest BCUT2D eigenvalue weighted by molar-refractivity contribution is -0.124. The Bertz CT molecular complexity index is 911. The Hall–Kier alpha value is -2.52. The third kappa shape index (κ3) is 4.17. The van der Waals surface area contributed by atoms with Crippen LogP contribution in [0.5, 0.6) is 0 Å². The van der Waals surface area contributed by atoms with Crippen molar-refractivity contribution in [2.45, 2.75) is 23.8 Å². The lowest BCUT2D eigenvalue weighted by atomic mass is 10.2. The molecule has 1 atom stereocenters. The summed E-state index contributed by atoms with van der Waals surface area (Å²) in [6, 6.07) is 7.97. The van der Waals surface area contributed by atoms with Crippen molar-refractivity contribution < 1.29 is 26.7 Å². The number of nitrogens with one attached hydrogen (secondary N) is 2. The standard InChI is InChI=1S/C17H16F2N2O4S/c18-11-3-8-14(19)16(10-11)26(23,24)21-13-6-4-12(5-7-13)20-17(22)15-2-1-9-25-15/h3-8,10,15,21H,1-2,9H2,(H,20,22)/t15-/m1/s1. The lowest BCUT2D eigenvalue weighted by Gasteiger charge is -2.12. The van der Waals surface area contributed by atoms with Crippen molar-refractivity contribution in [2.75, 3.05) is 16.6 Å². The van der Waals surface area contributed by atoms with Crippen LogP contribution in [0.3, 0.4) is 0 Å². The molecule has 0 radical (unpaired) electrons. The molecule has 138 valence electrons. The maximum atomic E-state index is 13.7. The van der Waals surface area contributed by atoms with Crippen LogP contribution in [0, 0.1) is 11.6 Å². The largest absolute Gasteiger partial charge is 0.368 e. The molecule has 1 saturated heterocycles. The van der Waals surface area contributed by atoms with Crippen molar-refractivity contribution >= 4 is 27.3 Å². The van der Waals surface area contributed by atoms with Gasteiger partial charge in [0.15, 0.2) is 0 Å². The van der Waals surface area contributed by atoms with E-state index in [1.165, 1.54) is 24.3 Å². The van der Waals surface area contributed by atoms with Gasteiger partial charge in [0.1, 0.15) is 22.6 Å². The highest BCUT2D eigenvalue weighted by molar-refractivity contribution is 7.92. The number of carbonyl (C=O) groups excluding carboxylic acids is 1. The van der Waals surface area contributed by atoms with Crippen LogP contribution in [0.25, 0.3) is 0 Å². The molecular formula is C17H16F2N2O4S. The number of carbonyl (C=O) groups is 1. The van der Waals surface area contributed by atoms with E-state index >= 15 is 0 Å². The van der Waals surface area contributed by atoms with Crippen molar-refractivity contribution in [1.29, 1.82) is 0 Å². The first-order chi connectivity index (χ1) is 12.3. The molecule has 3 rings (SSSR count). The van der Waals surface area contributed by atoms with Crippen LogP contribution in [-0.2, 0) is 19.6 Å². The summed E-state index contributed by atoms with van der Waals surface area (Å²) in [5.74, 6) is -2.18. The molecule has 0 bridgehead atoms. The maximum Gasteiger partial charge on any atom is 0.264 e. The summed E-state index contributed by atoms with van der Waals surface area (Å²) < 4.78 is 58.7. The molecule has 0 saturated carbocycles. The number of halogens is 2. The topological polar surface area (TPSA) is 84.5 Å². The number of anilines is 2. The minimum atomic E-state index is -4.29. The number of hydrogen-bond acceptors (Lipinski definition) is 4. The highest BCUT2D eigenvalue weighted by atomic mass is 32.2. The molecule has 1 fully saturated rings. The van der Waals surface area contributed by atoms with Crippen LogP contribution in [0.2, 0.25) is 0 Å². The van der Waals surface area contributed by atoms with Gasteiger partial charge in [0.2, 0.25) is 0 Å². The zero-order valence-corrected chi connectivity index (χ0v) is 14.4. The molecule has 26 heavy (non-hydrogen) atoms. The second-order valence-corrected chi connectivity index (χ2v) is 7.40. The normalized spacial score (nSPS) is 17.1. The SMILES string of the molecule is O=C(Nc1ccc(NS(=O)(=O)c2cc(F)ccc2F)cc1)[C@H]1CCCO1. The number of amides is 1. The molecule has 0 aliphatic carbocycles. The van der Waals surface area contributed by atoms with E-state index < -0.39 is 32.7 Å². The number of benzene rings is 2. The van der Waals surface area contributed by atoms with Crippen LogP contribution < -0.4 is 10.0 Å². The Balaban J connectivity index is 1.70. The Morgan fingerprint density at radius 3 is 2.42 bits per heavy atom. The molecular weight excluding hydrogens is 366 g/mol. The lowest BCUT2D eigenvalue weighted by Crippen LogP contribution is -2.26. The first-order valence-electron chi connectivity index (χ1n) is 7.85. The van der Waals surface area contributed by atoms with E-state index in [1.807, 2.05) is 0 Å². The van der Waals surface area contributed by atoms with Crippen molar-refractivity contribution in [3.05, 3.63) is 54.1 Å². The highest BCUT2D eigenvalue weighted by Crippen LogP contribution is 2.22. The average Bonchev–Trinajstić information content (AvgIpc) is 3.13. The third-order valence-corrected chi connectivity index (χ3v) is 5.21. The van der Waals surface area contributed by atoms with Gasteiger partial charge in [-0.05, 0) is 55.3 Å². The minimum absolute atomic E-state index is 0.142. The molecule has 1 heterocycles. The molecule has 1 aliphatic rings. The smallest absolute Gasteiger partial charge is 0.264 e. The molecule has 0 aromatic heterocycles. The zero-order valence-electron chi connectivity index (χ0n) is 13.5. The van der Waals surface area contributed by atoms with Crippen molar-refractivity contribution in [3.8, 4) is 0 Å². The summed E-state index contributed by atoms with van der Waals surface area (Å²) in [7, 11) is -4.29. The van der Waals surface area contributed by atoms with Gasteiger partial charge in [-0.2, -0.15) is 0 Å². The monoisotopic (exact) mass is 382 g/mol. The summed E-state index contributed by atoms with van der Waals surface area (Å²) in [4.78, 5) is 11.2. The summed E-state index contributed by atoms with van der Waals surface area (Å²) in [5, 5.41) is 2.67. The van der Waals surface area contributed by atoms with Crippen LogP contribution in [-0.4, -0.2) is 27.0 Å². The maximum absolute atomic E-state index is 13.7. The van der Waals surface area contributed by atoms with Crippen LogP contribution >= 0.6 is 0 Å². The molecule has 1 aliphatic heterocycles. The molecule has 9 heteroatoms. The molecule has 6 nitrogen and oxygen atoms in total. The summed E-state index contributed by atoms with van der Waals surface area (Å²) >= 11 is 0. The fourth-order valence-corrected chi connectivity index (χ4v) is 3.67. The van der Waals surface area contributed by atoms with Gasteiger partial charge in [0, 0.05) is 18.0 Å². The van der Waals surface area contributed by atoms with Crippen molar-refractivity contribution in [3.63, 3.8) is 0 Å². The number of ether oxygens (including phenoxy) is 1. The van der Waals surface area contributed by atoms with Gasteiger partial charge in [-0.3, -0.25) is 9.52 Å². The fraction of sp³-hybridized carbons (Fsp3) is 0.235. The van der Waals surface area contributed by atoms with Crippen molar-refractivity contribution in [2.24, 2.45) is 0 Å². The van der Waals surface area contributed by atoms with Crippen LogP contribution in [0.15, 0.2) is 47.4 Å². The van der Waals surface area contributed by atoms with Crippen LogP contribution in [0.4, 0.5) is 20.2 Å². The molecule has 1 amide bonds. The second-order valence-electron chi connectivity index (χ2n) is 5.75. The molecule has 2 aromatic rings. The van der Waals surface area contributed by atoms with Gasteiger partial charge in [-0.1, -0.05) is 0 Å². The molecule has 2 N–H and O–H groups in total. The number of rotatable bonds is 5. The van der Waals surface area contributed by atoms with Gasteiger partial charge in [-0.25, -0.2) is 17.2 Å². The number of hydrogen-bond donors (Lipinski definition) is 2. The van der Waals surface area contributed by atoms with Gasteiger partial charge >= 0.3 is 0 Å². The first kappa shape index (κ1) is 18.3. The summed E-state index contributed by atoms with van der Waals surface area (Å²) in [6.07, 6.45) is 1.00. The predicted molar refractivity (Wildman–Crippen MR) is 91.2 cm³/mol. The first-order valence-corrected chi connectivity index (χ1v) is 9.34. The summed E-state index contributed by atoms with van der Waals surface area (Å²) in [5.41, 5.74) is 0.606. The Morgan fingerprint density at radius 1 is 1.08 bits per heavy atom. The van der Waals surface area contributed by atoms with E-state index in [9.17, 15) is 22.0 Å². The van der Waals surface area contributed by atoms with E-state index in [2.05, 4.69) is 10.0 Å². The fourth-order valence-electron chi connectivity index (χ4n) is 2.52. The Morgan fingerprint density at radius 2 is 1.77 bits per heavy atom. The zero-order chi connectivity index (χ0) is 18.7. The predicted octanol–water partition coefficient (Wildman–Crippen LogP) is 2.88.